The topological polar surface area (TPSA) is 83.5 Å². The van der Waals surface area contributed by atoms with Crippen LogP contribution in [0.25, 0.3) is 27.9 Å². The van der Waals surface area contributed by atoms with E-state index >= 15 is 0 Å². The molecule has 0 spiro atoms. The van der Waals surface area contributed by atoms with Crippen molar-refractivity contribution >= 4 is 57.0 Å². The molecule has 32 heavy (non-hydrogen) atoms. The van der Waals surface area contributed by atoms with Crippen molar-refractivity contribution in [1.29, 1.82) is 0 Å². The van der Waals surface area contributed by atoms with Crippen LogP contribution in [0, 0.1) is 0 Å². The molecule has 5 aromatic rings. The van der Waals surface area contributed by atoms with Gasteiger partial charge in [-0.25, -0.2) is 15.0 Å². The molecule has 0 aliphatic rings. The lowest BCUT2D eigenvalue weighted by Gasteiger charge is -2.13. The van der Waals surface area contributed by atoms with Crippen LogP contribution in [0.4, 0.5) is 0 Å². The van der Waals surface area contributed by atoms with Crippen molar-refractivity contribution in [2.45, 2.75) is 30.1 Å². The lowest BCUT2D eigenvalue weighted by Crippen LogP contribution is -2.05. The minimum atomic E-state index is 0.196. The summed E-state index contributed by atoms with van der Waals surface area (Å²) < 4.78 is 9.17. The maximum Gasteiger partial charge on any atom is 0.213 e. The molecule has 0 radical (unpaired) electrons. The number of nitrogens with zero attached hydrogens (tertiary/aromatic N) is 7. The van der Waals surface area contributed by atoms with Gasteiger partial charge in [-0.1, -0.05) is 23.2 Å². The zero-order valence-electron chi connectivity index (χ0n) is 17.3. The van der Waals surface area contributed by atoms with Crippen molar-refractivity contribution in [3.63, 3.8) is 0 Å². The molecule has 8 nitrogen and oxygen atoms in total. The molecule has 0 aliphatic heterocycles. The highest BCUT2D eigenvalue weighted by Crippen LogP contribution is 2.35. The summed E-state index contributed by atoms with van der Waals surface area (Å²) in [6.45, 7) is 4.14. The highest BCUT2D eigenvalue weighted by molar-refractivity contribution is 7.99. The van der Waals surface area contributed by atoms with E-state index in [0.717, 1.165) is 11.0 Å². The van der Waals surface area contributed by atoms with Gasteiger partial charge in [0.2, 0.25) is 5.88 Å². The molecule has 0 bridgehead atoms. The molecule has 4 heterocycles. The molecule has 0 saturated heterocycles. The van der Waals surface area contributed by atoms with Gasteiger partial charge in [0.05, 0.1) is 39.2 Å². The fraction of sp³-hybridized carbons (Fsp3) is 0.190. The Balaban J connectivity index is 1.73. The molecule has 0 aliphatic carbocycles. The zero-order chi connectivity index (χ0) is 22.4. The van der Waals surface area contributed by atoms with Crippen LogP contribution in [-0.4, -0.2) is 41.4 Å². The van der Waals surface area contributed by atoms with Gasteiger partial charge >= 0.3 is 0 Å². The van der Waals surface area contributed by atoms with Gasteiger partial charge in [-0.2, -0.15) is 0 Å². The summed E-state index contributed by atoms with van der Waals surface area (Å²) in [5.74, 6) is 1.17. The number of rotatable bonds is 5. The predicted molar refractivity (Wildman–Crippen MR) is 125 cm³/mol. The van der Waals surface area contributed by atoms with Gasteiger partial charge in [0.1, 0.15) is 11.4 Å². The van der Waals surface area contributed by atoms with E-state index in [-0.39, 0.29) is 6.04 Å². The Morgan fingerprint density at radius 1 is 0.969 bits per heavy atom. The van der Waals surface area contributed by atoms with Gasteiger partial charge in [0.15, 0.2) is 11.0 Å². The van der Waals surface area contributed by atoms with Crippen molar-refractivity contribution in [2.75, 3.05) is 7.11 Å². The fourth-order valence-corrected chi connectivity index (χ4v) is 4.62. The summed E-state index contributed by atoms with van der Waals surface area (Å²) in [5.41, 5.74) is 2.92. The molecular weight excluding hydrogens is 469 g/mol. The third-order valence-corrected chi connectivity index (χ3v) is 6.56. The Kier molecular flexibility index (Phi) is 5.40. The normalized spacial score (nSPS) is 11.7. The van der Waals surface area contributed by atoms with Gasteiger partial charge in [0.25, 0.3) is 0 Å². The average molecular weight is 486 g/mol. The van der Waals surface area contributed by atoms with E-state index in [1.807, 2.05) is 33.5 Å². The first-order valence-electron chi connectivity index (χ1n) is 9.71. The number of hydrogen-bond acceptors (Lipinski definition) is 7. The lowest BCUT2D eigenvalue weighted by atomic mass is 10.3. The molecule has 4 aromatic heterocycles. The Bertz CT molecular complexity index is 1460. The summed E-state index contributed by atoms with van der Waals surface area (Å²) in [4.78, 5) is 14.3. The predicted octanol–water partition coefficient (Wildman–Crippen LogP) is 5.61. The first-order valence-corrected chi connectivity index (χ1v) is 11.3. The van der Waals surface area contributed by atoms with Crippen molar-refractivity contribution < 1.29 is 4.74 Å². The SMILES string of the molecule is COc1ccc2c(ccn2-c2nc3cc(Cl)c(Cl)cc3nc2Sc2nncn2C(C)C)n1. The highest BCUT2D eigenvalue weighted by Gasteiger charge is 2.19. The van der Waals surface area contributed by atoms with E-state index in [4.69, 9.17) is 37.9 Å². The summed E-state index contributed by atoms with van der Waals surface area (Å²) in [5, 5.41) is 10.5. The van der Waals surface area contributed by atoms with E-state index in [9.17, 15) is 0 Å². The van der Waals surface area contributed by atoms with Gasteiger partial charge in [-0.05, 0) is 49.9 Å². The highest BCUT2D eigenvalue weighted by atomic mass is 35.5. The number of fused-ring (bicyclic) bond motifs is 2. The summed E-state index contributed by atoms with van der Waals surface area (Å²) >= 11 is 13.9. The molecule has 1 aromatic carbocycles. The number of ether oxygens (including phenoxy) is 1. The third-order valence-electron chi connectivity index (χ3n) is 4.90. The number of halogens is 2. The van der Waals surface area contributed by atoms with E-state index in [2.05, 4.69) is 29.0 Å². The van der Waals surface area contributed by atoms with Crippen LogP contribution in [-0.2, 0) is 0 Å². The van der Waals surface area contributed by atoms with Crippen LogP contribution in [0.15, 0.2) is 53.0 Å². The van der Waals surface area contributed by atoms with Crippen LogP contribution in [0.3, 0.4) is 0 Å². The maximum atomic E-state index is 6.25. The van der Waals surface area contributed by atoms with Crippen molar-refractivity contribution in [2.24, 2.45) is 0 Å². The molecule has 0 saturated carbocycles. The number of hydrogen-bond donors (Lipinski definition) is 0. The van der Waals surface area contributed by atoms with E-state index in [1.54, 1.807) is 25.6 Å². The van der Waals surface area contributed by atoms with Gasteiger partial charge in [-0.15, -0.1) is 10.2 Å². The van der Waals surface area contributed by atoms with Crippen LogP contribution < -0.4 is 4.74 Å². The fourth-order valence-electron chi connectivity index (χ4n) is 3.30. The Labute approximate surface area is 197 Å². The van der Waals surface area contributed by atoms with Crippen LogP contribution >= 0.6 is 35.0 Å². The maximum absolute atomic E-state index is 6.25. The van der Waals surface area contributed by atoms with Gasteiger partial charge in [-0.3, -0.25) is 4.57 Å². The second kappa shape index (κ2) is 8.23. The van der Waals surface area contributed by atoms with Crippen LogP contribution in [0.2, 0.25) is 10.0 Å². The monoisotopic (exact) mass is 485 g/mol. The van der Waals surface area contributed by atoms with Gasteiger partial charge in [0, 0.05) is 18.3 Å². The van der Waals surface area contributed by atoms with E-state index < -0.39 is 0 Å². The van der Waals surface area contributed by atoms with Gasteiger partial charge < -0.3 is 9.30 Å². The Morgan fingerprint density at radius 2 is 1.72 bits per heavy atom. The lowest BCUT2D eigenvalue weighted by molar-refractivity contribution is 0.399. The summed E-state index contributed by atoms with van der Waals surface area (Å²) in [7, 11) is 1.59. The van der Waals surface area contributed by atoms with Crippen LogP contribution in [0.1, 0.15) is 19.9 Å². The molecule has 162 valence electrons. The average Bonchev–Trinajstić information content (AvgIpc) is 3.41. The number of aromatic nitrogens is 7. The second-order valence-electron chi connectivity index (χ2n) is 7.27. The molecule has 0 unspecified atom stereocenters. The molecule has 0 atom stereocenters. The largest absolute Gasteiger partial charge is 0.481 e. The standard InChI is InChI=1S/C21H17Cl2N7OS/c1-11(2)30-10-24-28-21(30)32-20-19(26-15-8-12(22)13(23)9-16(15)27-20)29-7-6-14-17(29)4-5-18(25-14)31-3/h4-11H,1-3H3. The minimum absolute atomic E-state index is 0.196. The third kappa shape index (κ3) is 3.66. The molecule has 5 rings (SSSR count). The second-order valence-corrected chi connectivity index (χ2v) is 9.04. The number of methoxy groups -OCH3 is 1. The first kappa shape index (κ1) is 21.0. The molecule has 11 heteroatoms. The summed E-state index contributed by atoms with van der Waals surface area (Å²) in [6.07, 6.45) is 3.61. The van der Waals surface area contributed by atoms with Crippen molar-refractivity contribution in [1.82, 2.24) is 34.3 Å². The Hall–Kier alpha value is -2.88. The molecule has 0 N–H and O–H groups in total. The smallest absolute Gasteiger partial charge is 0.213 e. The Morgan fingerprint density at radius 3 is 2.44 bits per heavy atom. The zero-order valence-corrected chi connectivity index (χ0v) is 19.7. The number of benzene rings is 1. The van der Waals surface area contributed by atoms with Crippen molar-refractivity contribution in [3.05, 3.63) is 52.9 Å². The van der Waals surface area contributed by atoms with E-state index in [0.29, 0.717) is 43.0 Å². The van der Waals surface area contributed by atoms with E-state index in [1.165, 1.54) is 11.8 Å². The number of pyridine rings is 1. The quantitative estimate of drug-likeness (QED) is 0.319. The first-order chi connectivity index (χ1) is 15.4. The molecule has 0 fully saturated rings. The van der Waals surface area contributed by atoms with Crippen molar-refractivity contribution in [3.8, 4) is 11.7 Å². The molecular formula is C21H17Cl2N7OS. The minimum Gasteiger partial charge on any atom is -0.481 e. The van der Waals surface area contributed by atoms with Crippen LogP contribution in [0.5, 0.6) is 5.88 Å². The summed E-state index contributed by atoms with van der Waals surface area (Å²) in [6, 6.07) is 9.28. The molecule has 0 amide bonds.